The van der Waals surface area contributed by atoms with Gasteiger partial charge in [0.25, 0.3) is 0 Å². The number of hydrogen-bond donors (Lipinski definition) is 0. The fraction of sp³-hybridized carbons (Fsp3) is 0.372. The molecular formula is C43H54O3. The molecule has 4 rings (SSSR count). The standard InChI is InChI=1S/C22H28O.C21H26O2/c1-4-15-23-22(17-20-13-9-6-10-14-20)21(18(2)3)16-19-11-7-5-8-12-19;1-17(2)20(15-18-9-5-3-6-10-18)21(23-14-13-22)16-19-11-7-4-8-12-19/h4-14,18,21-22H,1,15-17H2,2-3H3;3-13,17,20-21H,14-16H2,1-2H3/t21-,22+;20-,21+/m00/s1. The van der Waals surface area contributed by atoms with Crippen molar-refractivity contribution >= 4 is 6.29 Å². The Morgan fingerprint density at radius 3 is 1.09 bits per heavy atom. The summed E-state index contributed by atoms with van der Waals surface area (Å²) >= 11 is 0. The van der Waals surface area contributed by atoms with Crippen molar-refractivity contribution in [3.8, 4) is 0 Å². The first-order valence-corrected chi connectivity index (χ1v) is 16.8. The van der Waals surface area contributed by atoms with E-state index in [1.165, 1.54) is 22.3 Å². The average molecular weight is 619 g/mol. The van der Waals surface area contributed by atoms with Crippen LogP contribution in [0.5, 0.6) is 0 Å². The molecule has 3 nitrogen and oxygen atoms in total. The molecule has 4 aromatic carbocycles. The van der Waals surface area contributed by atoms with Crippen molar-refractivity contribution in [1.29, 1.82) is 0 Å². The molecule has 0 bridgehead atoms. The Hall–Kier alpha value is -3.79. The van der Waals surface area contributed by atoms with E-state index in [1.807, 2.05) is 30.3 Å². The van der Waals surface area contributed by atoms with Crippen LogP contribution in [0.4, 0.5) is 0 Å². The van der Waals surface area contributed by atoms with Crippen molar-refractivity contribution in [2.24, 2.45) is 23.7 Å². The van der Waals surface area contributed by atoms with Gasteiger partial charge < -0.3 is 14.3 Å². The number of carbonyl (C=O) groups is 1. The second kappa shape index (κ2) is 21.1. The third kappa shape index (κ3) is 13.3. The van der Waals surface area contributed by atoms with Gasteiger partial charge in [-0.15, -0.1) is 6.58 Å². The lowest BCUT2D eigenvalue weighted by Crippen LogP contribution is -2.32. The van der Waals surface area contributed by atoms with Gasteiger partial charge >= 0.3 is 0 Å². The maximum atomic E-state index is 10.8. The highest BCUT2D eigenvalue weighted by atomic mass is 16.5. The van der Waals surface area contributed by atoms with Gasteiger partial charge in [0, 0.05) is 0 Å². The van der Waals surface area contributed by atoms with E-state index >= 15 is 0 Å². The highest BCUT2D eigenvalue weighted by Gasteiger charge is 2.27. The summed E-state index contributed by atoms with van der Waals surface area (Å²) in [5, 5.41) is 0. The third-order valence-electron chi connectivity index (χ3n) is 8.66. The van der Waals surface area contributed by atoms with Crippen LogP contribution < -0.4 is 0 Å². The number of rotatable bonds is 18. The smallest absolute Gasteiger partial charge is 0.145 e. The third-order valence-corrected chi connectivity index (χ3v) is 8.66. The summed E-state index contributed by atoms with van der Waals surface area (Å²) in [6.07, 6.45) is 6.74. The van der Waals surface area contributed by atoms with Crippen molar-refractivity contribution in [3.63, 3.8) is 0 Å². The van der Waals surface area contributed by atoms with E-state index in [4.69, 9.17) is 9.47 Å². The SMILES string of the molecule is C=CCO[C@H](Cc1ccccc1)[C@@H](Cc1ccccc1)C(C)C.CC(C)[C@H](Cc1ccccc1)[C@@H](Cc1ccccc1)OCC=O. The maximum absolute atomic E-state index is 10.8. The van der Waals surface area contributed by atoms with E-state index in [1.54, 1.807) is 0 Å². The normalized spacial score (nSPS) is 13.7. The Labute approximate surface area is 278 Å². The highest BCUT2D eigenvalue weighted by molar-refractivity contribution is 5.50. The summed E-state index contributed by atoms with van der Waals surface area (Å²) in [7, 11) is 0. The zero-order valence-corrected chi connectivity index (χ0v) is 28.3. The van der Waals surface area contributed by atoms with Crippen LogP contribution in [0.25, 0.3) is 0 Å². The topological polar surface area (TPSA) is 35.5 Å². The van der Waals surface area contributed by atoms with E-state index < -0.39 is 0 Å². The first-order valence-electron chi connectivity index (χ1n) is 16.8. The van der Waals surface area contributed by atoms with E-state index in [2.05, 4.69) is 131 Å². The molecular weight excluding hydrogens is 564 g/mol. The van der Waals surface area contributed by atoms with Gasteiger partial charge in [0.2, 0.25) is 0 Å². The van der Waals surface area contributed by atoms with Gasteiger partial charge in [-0.1, -0.05) is 155 Å². The van der Waals surface area contributed by atoms with Crippen molar-refractivity contribution in [2.45, 2.75) is 65.6 Å². The largest absolute Gasteiger partial charge is 0.374 e. The second-order valence-corrected chi connectivity index (χ2v) is 12.8. The molecule has 46 heavy (non-hydrogen) atoms. The molecule has 0 spiro atoms. The zero-order chi connectivity index (χ0) is 33.0. The number of ether oxygens (including phenoxy) is 2. The van der Waals surface area contributed by atoms with Crippen LogP contribution in [0, 0.1) is 23.7 Å². The summed E-state index contributed by atoms with van der Waals surface area (Å²) < 4.78 is 12.1. The van der Waals surface area contributed by atoms with E-state index in [-0.39, 0.29) is 18.8 Å². The molecule has 3 heteroatoms. The molecule has 244 valence electrons. The Kier molecular flexibility index (Phi) is 16.8. The van der Waals surface area contributed by atoms with Gasteiger partial charge in [-0.3, -0.25) is 0 Å². The molecule has 0 radical (unpaired) electrons. The van der Waals surface area contributed by atoms with Crippen LogP contribution >= 0.6 is 0 Å². The Morgan fingerprint density at radius 2 is 0.804 bits per heavy atom. The van der Waals surface area contributed by atoms with Gasteiger partial charge in [0.1, 0.15) is 12.9 Å². The Bertz CT molecular complexity index is 1230. The van der Waals surface area contributed by atoms with E-state index in [9.17, 15) is 4.79 Å². The van der Waals surface area contributed by atoms with Crippen molar-refractivity contribution < 1.29 is 14.3 Å². The molecule has 0 heterocycles. The molecule has 0 N–H and O–H groups in total. The lowest BCUT2D eigenvalue weighted by molar-refractivity contribution is -0.115. The van der Waals surface area contributed by atoms with Crippen LogP contribution in [0.3, 0.4) is 0 Å². The van der Waals surface area contributed by atoms with Crippen LogP contribution in [0.2, 0.25) is 0 Å². The average Bonchev–Trinajstić information content (AvgIpc) is 3.08. The molecule has 0 unspecified atom stereocenters. The molecule has 0 saturated carbocycles. The summed E-state index contributed by atoms with van der Waals surface area (Å²) in [6.45, 7) is 13.6. The summed E-state index contributed by atoms with van der Waals surface area (Å²) in [4.78, 5) is 10.8. The molecule has 4 atom stereocenters. The van der Waals surface area contributed by atoms with Gasteiger partial charge in [0.05, 0.1) is 18.8 Å². The summed E-state index contributed by atoms with van der Waals surface area (Å²) in [5.41, 5.74) is 5.29. The monoisotopic (exact) mass is 618 g/mol. The van der Waals surface area contributed by atoms with Gasteiger partial charge in [0.15, 0.2) is 0 Å². The molecule has 0 saturated heterocycles. The fourth-order valence-electron chi connectivity index (χ4n) is 6.08. The Balaban J connectivity index is 0.000000250. The second-order valence-electron chi connectivity index (χ2n) is 12.8. The molecule has 0 amide bonds. The lowest BCUT2D eigenvalue weighted by Gasteiger charge is -2.30. The number of benzene rings is 4. The van der Waals surface area contributed by atoms with Gasteiger partial charge in [-0.2, -0.15) is 0 Å². The number of hydrogen-bond acceptors (Lipinski definition) is 3. The van der Waals surface area contributed by atoms with Crippen molar-refractivity contribution in [2.75, 3.05) is 13.2 Å². The van der Waals surface area contributed by atoms with Crippen molar-refractivity contribution in [1.82, 2.24) is 0 Å². The molecule has 0 fully saturated rings. The zero-order valence-electron chi connectivity index (χ0n) is 28.3. The predicted molar refractivity (Wildman–Crippen MR) is 193 cm³/mol. The van der Waals surface area contributed by atoms with Crippen LogP contribution in [-0.4, -0.2) is 31.7 Å². The summed E-state index contributed by atoms with van der Waals surface area (Å²) in [6, 6.07) is 42.2. The minimum absolute atomic E-state index is 0.0443. The van der Waals surface area contributed by atoms with Crippen LogP contribution in [-0.2, 0) is 40.0 Å². The Morgan fingerprint density at radius 1 is 0.500 bits per heavy atom. The highest BCUT2D eigenvalue weighted by Crippen LogP contribution is 2.27. The fourth-order valence-corrected chi connectivity index (χ4v) is 6.08. The number of carbonyl (C=O) groups excluding carboxylic acids is 1. The van der Waals surface area contributed by atoms with Gasteiger partial charge in [-0.25, -0.2) is 0 Å². The van der Waals surface area contributed by atoms with E-state index in [0.717, 1.165) is 32.0 Å². The van der Waals surface area contributed by atoms with E-state index in [0.29, 0.717) is 30.3 Å². The van der Waals surface area contributed by atoms with Crippen LogP contribution in [0.1, 0.15) is 49.9 Å². The molecule has 0 aromatic heterocycles. The first-order chi connectivity index (χ1) is 22.4. The maximum Gasteiger partial charge on any atom is 0.145 e. The minimum Gasteiger partial charge on any atom is -0.374 e. The molecule has 0 aliphatic carbocycles. The van der Waals surface area contributed by atoms with Crippen molar-refractivity contribution in [3.05, 3.63) is 156 Å². The predicted octanol–water partition coefficient (Wildman–Crippen LogP) is 9.64. The molecule has 4 aromatic rings. The first kappa shape index (κ1) is 36.7. The minimum atomic E-state index is 0.0443. The quantitative estimate of drug-likeness (QED) is 0.0823. The van der Waals surface area contributed by atoms with Crippen LogP contribution in [0.15, 0.2) is 134 Å². The lowest BCUT2D eigenvalue weighted by atomic mass is 9.82. The van der Waals surface area contributed by atoms with Gasteiger partial charge in [-0.05, 0) is 71.6 Å². The molecule has 0 aliphatic heterocycles. The summed E-state index contributed by atoms with van der Waals surface area (Å²) in [5.74, 6) is 1.90. The number of aldehydes is 1. The molecule has 0 aliphatic rings.